The van der Waals surface area contributed by atoms with Gasteiger partial charge < -0.3 is 5.32 Å². The summed E-state index contributed by atoms with van der Waals surface area (Å²) in [5, 5.41) is 14.4. The van der Waals surface area contributed by atoms with Crippen LogP contribution >= 0.6 is 15.9 Å². The Balaban J connectivity index is 1.73. The Morgan fingerprint density at radius 2 is 1.69 bits per heavy atom. The van der Waals surface area contributed by atoms with E-state index in [1.165, 1.54) is 18.2 Å². The fraction of sp³-hybridized carbons (Fsp3) is 0. The number of anilines is 1. The molecule has 10 heteroatoms. The summed E-state index contributed by atoms with van der Waals surface area (Å²) in [6.07, 6.45) is 1.59. The molecule has 8 nitrogen and oxygen atoms in total. The van der Waals surface area contributed by atoms with Crippen LogP contribution < -0.4 is 5.32 Å². The maximum Gasteiger partial charge on any atom is 0.269 e. The first-order valence-electron chi connectivity index (χ1n) is 9.22. The van der Waals surface area contributed by atoms with Crippen molar-refractivity contribution in [1.29, 1.82) is 0 Å². The number of amides is 1. The van der Waals surface area contributed by atoms with Crippen molar-refractivity contribution in [3.8, 4) is 0 Å². The third kappa shape index (κ3) is 3.97. The molecule has 1 N–H and O–H groups in total. The number of hydrogen-bond donors (Lipinski definition) is 1. The maximum absolute atomic E-state index is 13.2. The number of pyridine rings is 1. The molecule has 1 heterocycles. The monoisotopic (exact) mass is 511 g/mol. The average molecular weight is 512 g/mol. The van der Waals surface area contributed by atoms with Gasteiger partial charge in [-0.15, -0.1) is 0 Å². The summed E-state index contributed by atoms with van der Waals surface area (Å²) >= 11 is 3.45. The zero-order valence-electron chi connectivity index (χ0n) is 16.2. The fourth-order valence-electron chi connectivity index (χ4n) is 3.19. The molecule has 160 valence electrons. The first-order chi connectivity index (χ1) is 15.3. The van der Waals surface area contributed by atoms with Gasteiger partial charge >= 0.3 is 0 Å². The quantitative estimate of drug-likeness (QED) is 0.297. The minimum Gasteiger partial charge on any atom is -0.320 e. The first kappa shape index (κ1) is 21.6. The van der Waals surface area contributed by atoms with Gasteiger partial charge in [0.2, 0.25) is 9.84 Å². The van der Waals surface area contributed by atoms with Crippen molar-refractivity contribution < 1.29 is 18.1 Å². The Morgan fingerprint density at radius 3 is 2.41 bits per heavy atom. The molecule has 0 saturated carbocycles. The van der Waals surface area contributed by atoms with Gasteiger partial charge in [-0.1, -0.05) is 34.1 Å². The highest BCUT2D eigenvalue weighted by molar-refractivity contribution is 9.10. The van der Waals surface area contributed by atoms with Gasteiger partial charge in [0.05, 0.1) is 31.5 Å². The van der Waals surface area contributed by atoms with E-state index in [-0.39, 0.29) is 21.0 Å². The molecule has 0 unspecified atom stereocenters. The Bertz CT molecular complexity index is 1470. The fourth-order valence-corrected chi connectivity index (χ4v) is 5.10. The van der Waals surface area contributed by atoms with Crippen molar-refractivity contribution >= 4 is 54.0 Å². The van der Waals surface area contributed by atoms with Crippen molar-refractivity contribution in [3.63, 3.8) is 0 Å². The molecule has 0 aliphatic carbocycles. The summed E-state index contributed by atoms with van der Waals surface area (Å²) < 4.78 is 27.2. The van der Waals surface area contributed by atoms with Gasteiger partial charge in [0.25, 0.3) is 11.6 Å². The van der Waals surface area contributed by atoms with Crippen molar-refractivity contribution in [1.82, 2.24) is 4.98 Å². The Morgan fingerprint density at radius 1 is 0.969 bits per heavy atom. The molecule has 0 spiro atoms. The number of fused-ring (bicyclic) bond motifs is 1. The minimum atomic E-state index is -4.11. The zero-order chi connectivity index (χ0) is 22.9. The minimum absolute atomic E-state index is 0.0575. The van der Waals surface area contributed by atoms with E-state index >= 15 is 0 Å². The van der Waals surface area contributed by atoms with E-state index in [4.69, 9.17) is 0 Å². The number of nitro benzene ring substituents is 1. The summed E-state index contributed by atoms with van der Waals surface area (Å²) in [7, 11) is -4.11. The average Bonchev–Trinajstić information content (AvgIpc) is 2.81. The number of carbonyl (C=O) groups excluding carboxylic acids is 1. The lowest BCUT2D eigenvalue weighted by molar-refractivity contribution is -0.384. The summed E-state index contributed by atoms with van der Waals surface area (Å²) in [6, 6.07) is 17.3. The smallest absolute Gasteiger partial charge is 0.269 e. The summed E-state index contributed by atoms with van der Waals surface area (Å²) in [4.78, 5) is 27.3. The second-order valence-corrected chi connectivity index (χ2v) is 9.47. The van der Waals surface area contributed by atoms with Crippen LogP contribution in [0, 0.1) is 10.1 Å². The number of nitro groups is 1. The highest BCUT2D eigenvalue weighted by Crippen LogP contribution is 2.30. The second kappa shape index (κ2) is 8.48. The molecule has 4 rings (SSSR count). The molecule has 1 amide bonds. The van der Waals surface area contributed by atoms with Gasteiger partial charge in [0.1, 0.15) is 0 Å². The number of benzene rings is 3. The second-order valence-electron chi connectivity index (χ2n) is 6.70. The Hall–Kier alpha value is -3.63. The molecular formula is C22H14BrN3O5S. The Kier molecular flexibility index (Phi) is 5.72. The van der Waals surface area contributed by atoms with E-state index in [1.807, 2.05) is 6.07 Å². The summed E-state index contributed by atoms with van der Waals surface area (Å²) in [5.41, 5.74) is 0.685. The molecular weight excluding hydrogens is 498 g/mol. The van der Waals surface area contributed by atoms with E-state index in [0.717, 1.165) is 34.1 Å². The van der Waals surface area contributed by atoms with Crippen LogP contribution in [0.4, 0.5) is 11.4 Å². The predicted molar refractivity (Wildman–Crippen MR) is 122 cm³/mol. The van der Waals surface area contributed by atoms with E-state index in [9.17, 15) is 23.3 Å². The number of aromatic nitrogens is 1. The zero-order valence-corrected chi connectivity index (χ0v) is 18.6. The first-order valence-corrected chi connectivity index (χ1v) is 11.5. The lowest BCUT2D eigenvalue weighted by Crippen LogP contribution is -2.17. The van der Waals surface area contributed by atoms with Gasteiger partial charge in [-0.3, -0.25) is 19.9 Å². The van der Waals surface area contributed by atoms with Gasteiger partial charge in [-0.2, -0.15) is 0 Å². The van der Waals surface area contributed by atoms with Crippen LogP contribution in [0.25, 0.3) is 10.9 Å². The molecule has 32 heavy (non-hydrogen) atoms. The van der Waals surface area contributed by atoms with Crippen LogP contribution in [-0.4, -0.2) is 24.2 Å². The summed E-state index contributed by atoms with van der Waals surface area (Å²) in [6.45, 7) is 0. The highest BCUT2D eigenvalue weighted by Gasteiger charge is 2.25. The van der Waals surface area contributed by atoms with Crippen LogP contribution in [0.5, 0.6) is 0 Å². The molecule has 0 radical (unpaired) electrons. The summed E-state index contributed by atoms with van der Waals surface area (Å²) in [5.74, 6) is -0.625. The molecule has 0 aliphatic heterocycles. The number of nitrogens with one attached hydrogen (secondary N) is 1. The normalized spacial score (nSPS) is 11.3. The van der Waals surface area contributed by atoms with E-state index in [0.29, 0.717) is 11.2 Å². The van der Waals surface area contributed by atoms with Crippen molar-refractivity contribution in [2.45, 2.75) is 9.79 Å². The standard InChI is InChI=1S/C22H14BrN3O5S/c23-18-11-12-19(21-16(18)5-3-13-24-21)25-22(27)17-4-1-2-6-20(17)32(30,31)15-9-7-14(8-10-15)26(28)29/h1-13H,(H,25,27). The molecule has 0 saturated heterocycles. The van der Waals surface area contributed by atoms with Gasteiger partial charge in [0, 0.05) is 28.2 Å². The number of carbonyl (C=O) groups is 1. The third-order valence-electron chi connectivity index (χ3n) is 4.74. The Labute approximate surface area is 191 Å². The van der Waals surface area contributed by atoms with E-state index < -0.39 is 20.7 Å². The molecule has 0 fully saturated rings. The lowest BCUT2D eigenvalue weighted by atomic mass is 10.1. The van der Waals surface area contributed by atoms with E-state index in [2.05, 4.69) is 26.2 Å². The van der Waals surface area contributed by atoms with Gasteiger partial charge in [0.15, 0.2) is 0 Å². The molecule has 1 aromatic heterocycles. The number of halogens is 1. The largest absolute Gasteiger partial charge is 0.320 e. The van der Waals surface area contributed by atoms with Crippen molar-refractivity contribution in [3.05, 3.63) is 99.1 Å². The number of non-ortho nitro benzene ring substituents is 1. The number of hydrogen-bond acceptors (Lipinski definition) is 6. The predicted octanol–water partition coefficient (Wildman–Crippen LogP) is 4.99. The molecule has 0 bridgehead atoms. The van der Waals surface area contributed by atoms with Crippen molar-refractivity contribution in [2.75, 3.05) is 5.32 Å². The molecule has 3 aromatic carbocycles. The molecule has 0 aliphatic rings. The van der Waals surface area contributed by atoms with Crippen LogP contribution in [0.3, 0.4) is 0 Å². The van der Waals surface area contributed by atoms with Crippen LogP contribution in [0.15, 0.2) is 93.3 Å². The molecule has 4 aromatic rings. The van der Waals surface area contributed by atoms with Crippen LogP contribution in [0.1, 0.15) is 10.4 Å². The number of nitrogens with zero attached hydrogens (tertiary/aromatic N) is 2. The van der Waals surface area contributed by atoms with Gasteiger partial charge in [-0.25, -0.2) is 8.42 Å². The topological polar surface area (TPSA) is 119 Å². The highest BCUT2D eigenvalue weighted by atomic mass is 79.9. The molecule has 0 atom stereocenters. The van der Waals surface area contributed by atoms with E-state index in [1.54, 1.807) is 30.5 Å². The third-order valence-corrected chi connectivity index (χ3v) is 7.26. The van der Waals surface area contributed by atoms with Crippen LogP contribution in [-0.2, 0) is 9.84 Å². The number of sulfone groups is 1. The maximum atomic E-state index is 13.2. The van der Waals surface area contributed by atoms with Crippen LogP contribution in [0.2, 0.25) is 0 Å². The SMILES string of the molecule is O=C(Nc1ccc(Br)c2cccnc12)c1ccccc1S(=O)(=O)c1ccc([N+](=O)[O-])cc1. The number of rotatable bonds is 5. The van der Waals surface area contributed by atoms with Crippen molar-refractivity contribution in [2.24, 2.45) is 0 Å². The van der Waals surface area contributed by atoms with Gasteiger partial charge in [-0.05, 0) is 42.5 Å². The lowest BCUT2D eigenvalue weighted by Gasteiger charge is -2.12.